The molecule has 3 rings (SSSR count). The maximum absolute atomic E-state index is 11.3. The highest BCUT2D eigenvalue weighted by molar-refractivity contribution is 5.66. The summed E-state index contributed by atoms with van der Waals surface area (Å²) in [6.07, 6.45) is 2.26. The van der Waals surface area contributed by atoms with Crippen molar-refractivity contribution in [1.82, 2.24) is 5.32 Å². The molecule has 1 aromatic carbocycles. The molecule has 0 aliphatic carbocycles. The lowest BCUT2D eigenvalue weighted by Crippen LogP contribution is -2.44. The molecule has 0 amide bonds. The van der Waals surface area contributed by atoms with Crippen LogP contribution < -0.4 is 10.2 Å². The van der Waals surface area contributed by atoms with Crippen molar-refractivity contribution in [1.29, 1.82) is 0 Å². The summed E-state index contributed by atoms with van der Waals surface area (Å²) in [6, 6.07) is 6.22. The fraction of sp³-hybridized carbons (Fsp3) is 0.571. The Bertz CT molecular complexity index is 503. The quantitative estimate of drug-likeness (QED) is 0.654. The second-order valence-corrected chi connectivity index (χ2v) is 5.54. The molecule has 5 nitrogen and oxygen atoms in total. The van der Waals surface area contributed by atoms with Crippen molar-refractivity contribution in [2.45, 2.75) is 25.8 Å². The number of fused-ring (bicyclic) bond motifs is 1. The summed E-state index contributed by atoms with van der Waals surface area (Å²) >= 11 is 0. The van der Waals surface area contributed by atoms with Crippen molar-refractivity contribution in [3.8, 4) is 0 Å². The van der Waals surface area contributed by atoms with Crippen LogP contribution in [0.4, 0.5) is 11.4 Å². The smallest absolute Gasteiger partial charge is 0.295 e. The molecular weight excluding hydrogens is 242 g/mol. The zero-order chi connectivity index (χ0) is 13.4. The van der Waals surface area contributed by atoms with Gasteiger partial charge in [0.15, 0.2) is 0 Å². The molecule has 2 saturated heterocycles. The molecule has 2 heterocycles. The van der Waals surface area contributed by atoms with E-state index < -0.39 is 0 Å². The Balaban J connectivity index is 1.90. The highest BCUT2D eigenvalue weighted by atomic mass is 16.6. The van der Waals surface area contributed by atoms with Crippen molar-refractivity contribution in [3.05, 3.63) is 33.9 Å². The Morgan fingerprint density at radius 2 is 2.26 bits per heavy atom. The fourth-order valence-corrected chi connectivity index (χ4v) is 3.40. The first-order valence-electron chi connectivity index (χ1n) is 6.89. The molecule has 2 unspecified atom stereocenters. The third-order valence-electron chi connectivity index (χ3n) is 4.40. The van der Waals surface area contributed by atoms with Crippen LogP contribution >= 0.6 is 0 Å². The number of nitrogens with one attached hydrogen (secondary N) is 1. The van der Waals surface area contributed by atoms with Gasteiger partial charge in [0, 0.05) is 24.7 Å². The summed E-state index contributed by atoms with van der Waals surface area (Å²) in [5.74, 6) is 0.633. The number of para-hydroxylation sites is 1. The molecule has 2 aliphatic heterocycles. The number of anilines is 1. The van der Waals surface area contributed by atoms with Crippen LogP contribution in [0.3, 0.4) is 0 Å². The van der Waals surface area contributed by atoms with E-state index in [9.17, 15) is 10.1 Å². The first-order valence-corrected chi connectivity index (χ1v) is 6.89. The minimum atomic E-state index is -0.246. The van der Waals surface area contributed by atoms with Crippen LogP contribution in [0, 0.1) is 23.0 Å². The van der Waals surface area contributed by atoms with Crippen LogP contribution in [0.1, 0.15) is 18.4 Å². The monoisotopic (exact) mass is 261 g/mol. The zero-order valence-electron chi connectivity index (χ0n) is 11.1. The second-order valence-electron chi connectivity index (χ2n) is 5.54. The number of aryl methyl sites for hydroxylation is 1. The molecule has 0 saturated carbocycles. The molecule has 0 aromatic heterocycles. The molecule has 1 aromatic rings. The van der Waals surface area contributed by atoms with Gasteiger partial charge in [-0.2, -0.15) is 0 Å². The van der Waals surface area contributed by atoms with E-state index in [4.69, 9.17) is 0 Å². The Hall–Kier alpha value is -1.62. The Morgan fingerprint density at radius 1 is 1.42 bits per heavy atom. The summed E-state index contributed by atoms with van der Waals surface area (Å²) in [5.41, 5.74) is 1.80. The molecule has 1 N–H and O–H groups in total. The zero-order valence-corrected chi connectivity index (χ0v) is 11.1. The Labute approximate surface area is 112 Å². The highest BCUT2D eigenvalue weighted by Gasteiger charge is 2.34. The number of hydrogen-bond acceptors (Lipinski definition) is 4. The first kappa shape index (κ1) is 12.4. The van der Waals surface area contributed by atoms with Gasteiger partial charge in [0.2, 0.25) is 0 Å². The number of nitro groups is 1. The summed E-state index contributed by atoms with van der Waals surface area (Å²) < 4.78 is 0. The predicted molar refractivity (Wildman–Crippen MR) is 74.6 cm³/mol. The van der Waals surface area contributed by atoms with E-state index in [2.05, 4.69) is 10.2 Å². The topological polar surface area (TPSA) is 58.4 Å². The minimum absolute atomic E-state index is 0.246. The van der Waals surface area contributed by atoms with Crippen molar-refractivity contribution in [3.63, 3.8) is 0 Å². The van der Waals surface area contributed by atoms with E-state index >= 15 is 0 Å². The Morgan fingerprint density at radius 3 is 3.05 bits per heavy atom. The van der Waals surface area contributed by atoms with Gasteiger partial charge in [0.1, 0.15) is 5.69 Å². The van der Waals surface area contributed by atoms with E-state index in [1.807, 2.05) is 25.1 Å². The van der Waals surface area contributed by atoms with Crippen molar-refractivity contribution >= 4 is 11.4 Å². The van der Waals surface area contributed by atoms with Crippen LogP contribution in [-0.4, -0.2) is 30.6 Å². The maximum atomic E-state index is 11.3. The van der Waals surface area contributed by atoms with Gasteiger partial charge in [-0.15, -0.1) is 0 Å². The van der Waals surface area contributed by atoms with Gasteiger partial charge in [-0.1, -0.05) is 12.1 Å². The number of piperidine rings is 1. The summed E-state index contributed by atoms with van der Waals surface area (Å²) in [4.78, 5) is 13.2. The highest BCUT2D eigenvalue weighted by Crippen LogP contribution is 2.35. The van der Waals surface area contributed by atoms with Gasteiger partial charge in [-0.3, -0.25) is 10.1 Å². The van der Waals surface area contributed by atoms with Gasteiger partial charge >= 0.3 is 0 Å². The summed E-state index contributed by atoms with van der Waals surface area (Å²) in [6.45, 7) is 4.73. The van der Waals surface area contributed by atoms with Gasteiger partial charge in [-0.25, -0.2) is 0 Å². The van der Waals surface area contributed by atoms with Gasteiger partial charge in [0.25, 0.3) is 5.69 Å². The Kier molecular flexibility index (Phi) is 3.14. The molecule has 0 bridgehead atoms. The number of hydrogen-bond donors (Lipinski definition) is 1. The first-order chi connectivity index (χ1) is 9.16. The number of nitro benzene ring substituents is 1. The van der Waals surface area contributed by atoms with Crippen molar-refractivity contribution < 1.29 is 4.92 Å². The van der Waals surface area contributed by atoms with Crippen LogP contribution in [0.15, 0.2) is 18.2 Å². The third kappa shape index (κ3) is 2.18. The molecule has 19 heavy (non-hydrogen) atoms. The van der Waals surface area contributed by atoms with Gasteiger partial charge in [-0.05, 0) is 38.3 Å². The molecule has 0 spiro atoms. The number of benzene rings is 1. The van der Waals surface area contributed by atoms with E-state index in [0.29, 0.717) is 12.0 Å². The van der Waals surface area contributed by atoms with E-state index in [0.717, 1.165) is 37.3 Å². The van der Waals surface area contributed by atoms with Crippen molar-refractivity contribution in [2.24, 2.45) is 5.92 Å². The lowest BCUT2D eigenvalue weighted by atomic mass is 9.92. The van der Waals surface area contributed by atoms with E-state index in [1.165, 1.54) is 6.42 Å². The number of nitrogens with zero attached hydrogens (tertiary/aromatic N) is 2. The largest absolute Gasteiger partial charge is 0.366 e. The average Bonchev–Trinajstić information content (AvgIpc) is 2.85. The summed E-state index contributed by atoms with van der Waals surface area (Å²) in [5, 5.41) is 14.8. The standard InChI is InChI=1S/C14H19N3O2/c1-10-3-2-4-13(14(10)17(18)19)16-8-6-12-11(9-16)5-7-15-12/h2-4,11-12,15H,5-9H2,1H3. The molecule has 102 valence electrons. The molecular formula is C14H19N3O2. The molecule has 0 radical (unpaired) electrons. The fourth-order valence-electron chi connectivity index (χ4n) is 3.40. The van der Waals surface area contributed by atoms with Crippen LogP contribution in [0.2, 0.25) is 0 Å². The van der Waals surface area contributed by atoms with Gasteiger partial charge < -0.3 is 10.2 Å². The second kappa shape index (κ2) is 4.81. The van der Waals surface area contributed by atoms with Crippen LogP contribution in [0.5, 0.6) is 0 Å². The maximum Gasteiger partial charge on any atom is 0.295 e. The molecule has 5 heteroatoms. The molecule has 2 atom stereocenters. The predicted octanol–water partition coefficient (Wildman–Crippen LogP) is 2.09. The van der Waals surface area contributed by atoms with Crippen LogP contribution in [-0.2, 0) is 0 Å². The van der Waals surface area contributed by atoms with Crippen molar-refractivity contribution in [2.75, 3.05) is 24.5 Å². The van der Waals surface area contributed by atoms with E-state index in [-0.39, 0.29) is 10.6 Å². The minimum Gasteiger partial charge on any atom is -0.366 e. The normalized spacial score (nSPS) is 26.3. The third-order valence-corrected chi connectivity index (χ3v) is 4.40. The average molecular weight is 261 g/mol. The molecule has 2 fully saturated rings. The lowest BCUT2D eigenvalue weighted by molar-refractivity contribution is -0.384. The van der Waals surface area contributed by atoms with Crippen LogP contribution in [0.25, 0.3) is 0 Å². The molecule has 2 aliphatic rings. The van der Waals surface area contributed by atoms with Gasteiger partial charge in [0.05, 0.1) is 4.92 Å². The lowest BCUT2D eigenvalue weighted by Gasteiger charge is -2.36. The summed E-state index contributed by atoms with van der Waals surface area (Å²) in [7, 11) is 0. The van der Waals surface area contributed by atoms with E-state index in [1.54, 1.807) is 0 Å². The SMILES string of the molecule is Cc1cccc(N2CCC3NCCC3C2)c1[N+](=O)[O-]. The number of rotatable bonds is 2.